The molecule has 0 aromatic carbocycles. The molecule has 0 saturated carbocycles. The predicted molar refractivity (Wildman–Crippen MR) is 75.7 cm³/mol. The van der Waals surface area contributed by atoms with Crippen LogP contribution < -0.4 is 10.6 Å². The maximum Gasteiger partial charge on any atom is 0.325 e. The van der Waals surface area contributed by atoms with E-state index in [1.807, 2.05) is 18.7 Å². The van der Waals surface area contributed by atoms with Crippen LogP contribution in [0.3, 0.4) is 0 Å². The Hall–Kier alpha value is -1.37. The van der Waals surface area contributed by atoms with E-state index < -0.39 is 5.54 Å². The third-order valence-corrected chi connectivity index (χ3v) is 4.29. The lowest BCUT2D eigenvalue weighted by atomic mass is 9.87. The third-order valence-electron chi connectivity index (χ3n) is 3.83. The molecule has 2 N–H and O–H groups in total. The Bertz CT molecular complexity index is 416. The van der Waals surface area contributed by atoms with Crippen molar-refractivity contribution in [3.8, 4) is 0 Å². The van der Waals surface area contributed by atoms with Gasteiger partial charge in [-0.2, -0.15) is 0 Å². The van der Waals surface area contributed by atoms with Crippen molar-refractivity contribution in [3.05, 3.63) is 0 Å². The fourth-order valence-electron chi connectivity index (χ4n) is 2.70. The highest BCUT2D eigenvalue weighted by molar-refractivity contribution is 7.80. The summed E-state index contributed by atoms with van der Waals surface area (Å²) in [5.74, 6) is -0.0949. The molecule has 19 heavy (non-hydrogen) atoms. The number of piperidine rings is 1. The van der Waals surface area contributed by atoms with Gasteiger partial charge in [-0.3, -0.25) is 9.69 Å². The number of hydrogen-bond acceptors (Lipinski definition) is 3. The molecule has 6 nitrogen and oxygen atoms in total. The van der Waals surface area contributed by atoms with Crippen LogP contribution in [0.2, 0.25) is 0 Å². The van der Waals surface area contributed by atoms with Crippen LogP contribution >= 0.6 is 12.2 Å². The van der Waals surface area contributed by atoms with Crippen molar-refractivity contribution in [2.75, 3.05) is 20.1 Å². The molecule has 0 bridgehead atoms. The van der Waals surface area contributed by atoms with Crippen LogP contribution in [0.5, 0.6) is 0 Å². The molecule has 0 unspecified atom stereocenters. The summed E-state index contributed by atoms with van der Waals surface area (Å²) in [5, 5.41) is 6.50. The number of rotatable bonds is 1. The Balaban J connectivity index is 2.09. The minimum atomic E-state index is -0.721. The van der Waals surface area contributed by atoms with Crippen LogP contribution in [0.25, 0.3) is 0 Å². The van der Waals surface area contributed by atoms with Crippen molar-refractivity contribution in [3.63, 3.8) is 0 Å². The summed E-state index contributed by atoms with van der Waals surface area (Å²) in [5.41, 5.74) is -0.721. The average molecular weight is 284 g/mol. The number of amides is 3. The van der Waals surface area contributed by atoms with Gasteiger partial charge in [0, 0.05) is 26.2 Å². The first-order valence-electron chi connectivity index (χ1n) is 6.54. The van der Waals surface area contributed by atoms with E-state index in [4.69, 9.17) is 12.2 Å². The lowest BCUT2D eigenvalue weighted by molar-refractivity contribution is -0.133. The first kappa shape index (κ1) is 14.0. The molecule has 2 heterocycles. The Morgan fingerprint density at radius 2 is 1.95 bits per heavy atom. The zero-order valence-corrected chi connectivity index (χ0v) is 12.3. The van der Waals surface area contributed by atoms with E-state index in [1.165, 1.54) is 4.90 Å². The van der Waals surface area contributed by atoms with E-state index in [9.17, 15) is 9.59 Å². The Kier molecular flexibility index (Phi) is 3.66. The highest BCUT2D eigenvalue weighted by atomic mass is 32.1. The van der Waals surface area contributed by atoms with Crippen LogP contribution in [-0.4, -0.2) is 58.6 Å². The molecule has 2 saturated heterocycles. The molecule has 3 amide bonds. The molecule has 2 fully saturated rings. The molecule has 0 aliphatic carbocycles. The molecule has 0 atom stereocenters. The predicted octanol–water partition coefficient (Wildman–Crippen LogP) is 0.285. The standard InChI is InChI=1S/C12H20N4O2S/c1-8(2)16-9(17)12(14-10(16)18)4-6-15(7-5-12)11(19)13-3/h8H,4-7H2,1-3H3,(H,13,19)(H,14,18). The van der Waals surface area contributed by atoms with Gasteiger partial charge in [-0.1, -0.05) is 0 Å². The summed E-state index contributed by atoms with van der Waals surface area (Å²) in [7, 11) is 1.79. The molecule has 1 spiro atoms. The molecule has 7 heteroatoms. The fourth-order valence-corrected chi connectivity index (χ4v) is 2.88. The third kappa shape index (κ3) is 2.27. The van der Waals surface area contributed by atoms with Crippen molar-refractivity contribution in [2.45, 2.75) is 38.3 Å². The van der Waals surface area contributed by atoms with Gasteiger partial charge in [-0.15, -0.1) is 0 Å². The number of hydrogen-bond donors (Lipinski definition) is 2. The Morgan fingerprint density at radius 3 is 2.37 bits per heavy atom. The summed E-state index contributed by atoms with van der Waals surface area (Å²) >= 11 is 5.19. The molecule has 0 aromatic rings. The van der Waals surface area contributed by atoms with E-state index in [0.717, 1.165) is 0 Å². The zero-order valence-electron chi connectivity index (χ0n) is 11.5. The molecule has 2 aliphatic rings. The fraction of sp³-hybridized carbons (Fsp3) is 0.750. The number of imide groups is 1. The second-order valence-electron chi connectivity index (χ2n) is 5.32. The van der Waals surface area contributed by atoms with Gasteiger partial charge in [0.15, 0.2) is 5.11 Å². The summed E-state index contributed by atoms with van der Waals surface area (Å²) in [4.78, 5) is 27.7. The minimum absolute atomic E-state index is 0.0949. The monoisotopic (exact) mass is 284 g/mol. The average Bonchev–Trinajstić information content (AvgIpc) is 2.61. The number of nitrogens with zero attached hydrogens (tertiary/aromatic N) is 2. The number of thiocarbonyl (C=S) groups is 1. The van der Waals surface area contributed by atoms with Crippen molar-refractivity contribution in [1.29, 1.82) is 0 Å². The van der Waals surface area contributed by atoms with Crippen molar-refractivity contribution in [2.24, 2.45) is 0 Å². The second-order valence-corrected chi connectivity index (χ2v) is 5.71. The number of urea groups is 1. The van der Waals surface area contributed by atoms with Crippen molar-refractivity contribution in [1.82, 2.24) is 20.4 Å². The summed E-state index contributed by atoms with van der Waals surface area (Å²) in [6.45, 7) is 5.05. The maximum atomic E-state index is 12.5. The smallest absolute Gasteiger partial charge is 0.325 e. The summed E-state index contributed by atoms with van der Waals surface area (Å²) in [6, 6.07) is -0.382. The normalized spacial score (nSPS) is 22.1. The Labute approximate surface area is 118 Å². The van der Waals surface area contributed by atoms with E-state index >= 15 is 0 Å². The van der Waals surface area contributed by atoms with Crippen LogP contribution in [-0.2, 0) is 4.79 Å². The number of likely N-dealkylation sites (tertiary alicyclic amines) is 1. The van der Waals surface area contributed by atoms with Crippen molar-refractivity contribution >= 4 is 29.3 Å². The van der Waals surface area contributed by atoms with Crippen LogP contribution in [0.1, 0.15) is 26.7 Å². The van der Waals surface area contributed by atoms with Crippen LogP contribution in [0.15, 0.2) is 0 Å². The minimum Gasteiger partial charge on any atom is -0.366 e. The quantitative estimate of drug-likeness (QED) is 0.535. The lowest BCUT2D eigenvalue weighted by Crippen LogP contribution is -2.57. The van der Waals surface area contributed by atoms with Gasteiger partial charge in [-0.05, 0) is 38.9 Å². The summed E-state index contributed by atoms with van der Waals surface area (Å²) in [6.07, 6.45) is 1.20. The van der Waals surface area contributed by atoms with Gasteiger partial charge < -0.3 is 15.5 Å². The van der Waals surface area contributed by atoms with Gasteiger partial charge >= 0.3 is 6.03 Å². The number of carbonyl (C=O) groups is 2. The topological polar surface area (TPSA) is 64.7 Å². The Morgan fingerprint density at radius 1 is 1.37 bits per heavy atom. The van der Waals surface area contributed by atoms with Gasteiger partial charge in [-0.25, -0.2) is 4.79 Å². The lowest BCUT2D eigenvalue weighted by Gasteiger charge is -2.38. The summed E-state index contributed by atoms with van der Waals surface area (Å²) < 4.78 is 0. The first-order valence-corrected chi connectivity index (χ1v) is 6.94. The molecular weight excluding hydrogens is 264 g/mol. The highest BCUT2D eigenvalue weighted by Gasteiger charge is 2.53. The largest absolute Gasteiger partial charge is 0.366 e. The highest BCUT2D eigenvalue weighted by Crippen LogP contribution is 2.30. The van der Waals surface area contributed by atoms with Gasteiger partial charge in [0.1, 0.15) is 5.54 Å². The van der Waals surface area contributed by atoms with Gasteiger partial charge in [0.05, 0.1) is 0 Å². The molecule has 2 aliphatic heterocycles. The van der Waals surface area contributed by atoms with E-state index in [-0.39, 0.29) is 18.0 Å². The molecule has 0 aromatic heterocycles. The molecular formula is C12H20N4O2S. The van der Waals surface area contributed by atoms with Crippen LogP contribution in [0.4, 0.5) is 4.79 Å². The zero-order chi connectivity index (χ0) is 14.2. The van der Waals surface area contributed by atoms with E-state index in [0.29, 0.717) is 31.0 Å². The van der Waals surface area contributed by atoms with E-state index in [2.05, 4.69) is 10.6 Å². The molecule has 0 radical (unpaired) electrons. The van der Waals surface area contributed by atoms with Crippen LogP contribution in [0, 0.1) is 0 Å². The van der Waals surface area contributed by atoms with E-state index in [1.54, 1.807) is 7.05 Å². The SMILES string of the molecule is CNC(=S)N1CCC2(CC1)NC(=O)N(C(C)C)C2=O. The number of nitrogens with one attached hydrogen (secondary N) is 2. The van der Waals surface area contributed by atoms with Gasteiger partial charge in [0.2, 0.25) is 0 Å². The van der Waals surface area contributed by atoms with Crippen molar-refractivity contribution < 1.29 is 9.59 Å². The molecule has 106 valence electrons. The van der Waals surface area contributed by atoms with Gasteiger partial charge in [0.25, 0.3) is 5.91 Å². The maximum absolute atomic E-state index is 12.5. The second kappa shape index (κ2) is 4.96. The molecule has 2 rings (SSSR count). The number of carbonyl (C=O) groups excluding carboxylic acids is 2. The first-order chi connectivity index (χ1) is 8.91.